The van der Waals surface area contributed by atoms with Crippen molar-refractivity contribution in [2.45, 2.75) is 58.3 Å². The summed E-state index contributed by atoms with van der Waals surface area (Å²) in [4.78, 5) is 16.6. The van der Waals surface area contributed by atoms with E-state index in [4.69, 9.17) is 0 Å². The van der Waals surface area contributed by atoms with Gasteiger partial charge in [-0.15, -0.1) is 0 Å². The van der Waals surface area contributed by atoms with Crippen LogP contribution in [-0.2, 0) is 0 Å². The fourth-order valence-electron chi connectivity index (χ4n) is 3.28. The minimum absolute atomic E-state index is 0.312. The maximum absolute atomic E-state index is 12.4. The fourth-order valence-corrected chi connectivity index (χ4v) is 3.28. The lowest BCUT2D eigenvalue weighted by atomic mass is 9.93. The number of amides is 2. The zero-order valence-electron chi connectivity index (χ0n) is 11.9. The van der Waals surface area contributed by atoms with E-state index in [9.17, 15) is 4.79 Å². The smallest absolute Gasteiger partial charge is 0.319 e. The van der Waals surface area contributed by atoms with Crippen molar-refractivity contribution in [3.8, 4) is 0 Å². The molecule has 3 heteroatoms. The van der Waals surface area contributed by atoms with Crippen molar-refractivity contribution in [3.05, 3.63) is 0 Å². The molecule has 2 aliphatic heterocycles. The molecule has 2 heterocycles. The number of hydrogen-bond acceptors (Lipinski definition) is 1. The summed E-state index contributed by atoms with van der Waals surface area (Å²) in [6.45, 7) is 6.19. The second-order valence-electron chi connectivity index (χ2n) is 5.90. The van der Waals surface area contributed by atoms with Crippen LogP contribution in [0.4, 0.5) is 4.79 Å². The number of urea groups is 1. The van der Waals surface area contributed by atoms with Crippen LogP contribution in [0.1, 0.15) is 58.3 Å². The van der Waals surface area contributed by atoms with Crippen molar-refractivity contribution >= 4 is 6.03 Å². The molecule has 0 aromatic rings. The number of nitrogens with zero attached hydrogens (tertiary/aromatic N) is 2. The van der Waals surface area contributed by atoms with Crippen LogP contribution in [0.15, 0.2) is 0 Å². The van der Waals surface area contributed by atoms with E-state index < -0.39 is 0 Å². The fraction of sp³-hybridized carbons (Fsp3) is 0.933. The summed E-state index contributed by atoms with van der Waals surface area (Å²) in [5.74, 6) is 0.864. The Morgan fingerprint density at radius 1 is 0.944 bits per heavy atom. The van der Waals surface area contributed by atoms with Crippen molar-refractivity contribution in [2.75, 3.05) is 26.2 Å². The molecule has 0 aliphatic carbocycles. The molecule has 2 amide bonds. The first-order valence-corrected chi connectivity index (χ1v) is 7.85. The van der Waals surface area contributed by atoms with E-state index in [2.05, 4.69) is 16.7 Å². The van der Waals surface area contributed by atoms with Gasteiger partial charge in [0.25, 0.3) is 0 Å². The highest BCUT2D eigenvalue weighted by atomic mass is 16.2. The van der Waals surface area contributed by atoms with Gasteiger partial charge in [0, 0.05) is 26.2 Å². The first-order chi connectivity index (χ1) is 8.81. The first kappa shape index (κ1) is 13.7. The normalized spacial score (nSPS) is 22.9. The van der Waals surface area contributed by atoms with E-state index in [1.807, 2.05) is 0 Å². The zero-order valence-corrected chi connectivity index (χ0v) is 11.9. The zero-order chi connectivity index (χ0) is 12.8. The molecule has 104 valence electrons. The standard InChI is InChI=1S/C15H28N2O/c1-2-7-14-8-12-17(13-9-14)15(18)16-10-5-3-4-6-11-16/h14H,2-13H2,1H3. The second kappa shape index (κ2) is 7.01. The van der Waals surface area contributed by atoms with Gasteiger partial charge in [-0.05, 0) is 31.6 Å². The Kier molecular flexibility index (Phi) is 5.33. The summed E-state index contributed by atoms with van der Waals surface area (Å²) < 4.78 is 0. The Bertz CT molecular complexity index is 251. The van der Waals surface area contributed by atoms with E-state index in [1.54, 1.807) is 0 Å². The molecule has 0 N–H and O–H groups in total. The van der Waals surface area contributed by atoms with Gasteiger partial charge in [0.15, 0.2) is 0 Å². The third kappa shape index (κ3) is 3.63. The van der Waals surface area contributed by atoms with Crippen molar-refractivity contribution in [3.63, 3.8) is 0 Å². The van der Waals surface area contributed by atoms with Gasteiger partial charge in [-0.25, -0.2) is 4.79 Å². The molecule has 2 rings (SSSR count). The minimum atomic E-state index is 0.312. The lowest BCUT2D eigenvalue weighted by molar-refractivity contribution is 0.132. The number of rotatable bonds is 2. The van der Waals surface area contributed by atoms with E-state index >= 15 is 0 Å². The van der Waals surface area contributed by atoms with E-state index in [1.165, 1.54) is 51.4 Å². The van der Waals surface area contributed by atoms with Crippen LogP contribution in [0.25, 0.3) is 0 Å². The number of hydrogen-bond donors (Lipinski definition) is 0. The number of carbonyl (C=O) groups excluding carboxylic acids is 1. The molecule has 18 heavy (non-hydrogen) atoms. The van der Waals surface area contributed by atoms with E-state index in [0.29, 0.717) is 6.03 Å². The Balaban J connectivity index is 1.79. The third-order valence-electron chi connectivity index (χ3n) is 4.46. The molecule has 0 atom stereocenters. The average Bonchev–Trinajstić information content (AvgIpc) is 2.68. The summed E-state index contributed by atoms with van der Waals surface area (Å²) in [7, 11) is 0. The molecule has 2 saturated heterocycles. The first-order valence-electron chi connectivity index (χ1n) is 7.85. The summed E-state index contributed by atoms with van der Waals surface area (Å²) >= 11 is 0. The maximum Gasteiger partial charge on any atom is 0.319 e. The topological polar surface area (TPSA) is 23.6 Å². The van der Waals surface area contributed by atoms with Crippen molar-refractivity contribution in [1.29, 1.82) is 0 Å². The molecule has 0 unspecified atom stereocenters. The van der Waals surface area contributed by atoms with Crippen LogP contribution < -0.4 is 0 Å². The lowest BCUT2D eigenvalue weighted by Crippen LogP contribution is -2.47. The largest absolute Gasteiger partial charge is 0.325 e. The van der Waals surface area contributed by atoms with E-state index in [0.717, 1.165) is 32.1 Å². The summed E-state index contributed by atoms with van der Waals surface area (Å²) in [5, 5.41) is 0. The van der Waals surface area contributed by atoms with Crippen molar-refractivity contribution in [2.24, 2.45) is 5.92 Å². The van der Waals surface area contributed by atoms with Gasteiger partial charge < -0.3 is 9.80 Å². The summed E-state index contributed by atoms with van der Waals surface area (Å²) in [5.41, 5.74) is 0. The Hall–Kier alpha value is -0.730. The minimum Gasteiger partial charge on any atom is -0.325 e. The second-order valence-corrected chi connectivity index (χ2v) is 5.90. The van der Waals surface area contributed by atoms with Crippen LogP contribution in [0.3, 0.4) is 0 Å². The Morgan fingerprint density at radius 3 is 2.06 bits per heavy atom. The predicted molar refractivity (Wildman–Crippen MR) is 74.6 cm³/mol. The van der Waals surface area contributed by atoms with Gasteiger partial charge in [0.2, 0.25) is 0 Å². The SMILES string of the molecule is CCCC1CCN(C(=O)N2CCCCCC2)CC1. The molecule has 0 aromatic carbocycles. The van der Waals surface area contributed by atoms with Crippen LogP contribution in [0.5, 0.6) is 0 Å². The van der Waals surface area contributed by atoms with Gasteiger partial charge >= 0.3 is 6.03 Å². The van der Waals surface area contributed by atoms with Gasteiger partial charge in [-0.1, -0.05) is 32.6 Å². The van der Waals surface area contributed by atoms with E-state index in [-0.39, 0.29) is 0 Å². The molecule has 2 aliphatic rings. The molecule has 0 radical (unpaired) electrons. The van der Waals surface area contributed by atoms with Crippen molar-refractivity contribution < 1.29 is 4.79 Å². The predicted octanol–water partition coefficient (Wildman–Crippen LogP) is 3.49. The van der Waals surface area contributed by atoms with Crippen molar-refractivity contribution in [1.82, 2.24) is 9.80 Å². The highest BCUT2D eigenvalue weighted by molar-refractivity contribution is 5.74. The lowest BCUT2D eigenvalue weighted by Gasteiger charge is -2.35. The summed E-state index contributed by atoms with van der Waals surface area (Å²) in [6.07, 6.45) is 10.0. The molecule has 2 fully saturated rings. The van der Waals surface area contributed by atoms with Gasteiger partial charge in [-0.3, -0.25) is 0 Å². The molecular weight excluding hydrogens is 224 g/mol. The maximum atomic E-state index is 12.4. The molecule has 0 spiro atoms. The van der Waals surface area contributed by atoms with Crippen LogP contribution in [0, 0.1) is 5.92 Å². The Morgan fingerprint density at radius 2 is 1.50 bits per heavy atom. The third-order valence-corrected chi connectivity index (χ3v) is 4.46. The number of carbonyl (C=O) groups is 1. The number of piperidine rings is 1. The van der Waals surface area contributed by atoms with Crippen LogP contribution >= 0.6 is 0 Å². The molecular formula is C15H28N2O. The van der Waals surface area contributed by atoms with Gasteiger partial charge in [0.1, 0.15) is 0 Å². The quantitative estimate of drug-likeness (QED) is 0.738. The molecule has 3 nitrogen and oxygen atoms in total. The highest BCUT2D eigenvalue weighted by Crippen LogP contribution is 2.23. The molecule has 0 bridgehead atoms. The number of likely N-dealkylation sites (tertiary alicyclic amines) is 2. The monoisotopic (exact) mass is 252 g/mol. The van der Waals surface area contributed by atoms with Crippen LogP contribution in [-0.4, -0.2) is 42.0 Å². The molecule has 0 aromatic heterocycles. The highest BCUT2D eigenvalue weighted by Gasteiger charge is 2.26. The van der Waals surface area contributed by atoms with Crippen LogP contribution in [0.2, 0.25) is 0 Å². The van der Waals surface area contributed by atoms with Gasteiger partial charge in [0.05, 0.1) is 0 Å². The van der Waals surface area contributed by atoms with Gasteiger partial charge in [-0.2, -0.15) is 0 Å². The average molecular weight is 252 g/mol. The Labute approximate surface area is 112 Å². The summed E-state index contributed by atoms with van der Waals surface area (Å²) in [6, 6.07) is 0.312. The molecule has 0 saturated carbocycles.